The lowest BCUT2D eigenvalue weighted by atomic mass is 9.98. The van der Waals surface area contributed by atoms with Crippen molar-refractivity contribution in [1.82, 2.24) is 24.7 Å². The minimum absolute atomic E-state index is 0.0136. The number of aromatic nitrogens is 2. The lowest BCUT2D eigenvalue weighted by Gasteiger charge is -2.35. The van der Waals surface area contributed by atoms with Gasteiger partial charge < -0.3 is 14.8 Å². The standard InChI is InChI=1S/C19H31N5O2/c1-22-14-17(21-15-22)19(26)24-10-5-3-8-20-18(25)13-16-7-2-4-9-23(16)11-6-12-24/h14-16H,2-13H2,1H3,(H,20,25). The number of rotatable bonds is 1. The molecule has 2 aliphatic heterocycles. The fraction of sp³-hybridized carbons (Fsp3) is 0.737. The number of imidazole rings is 1. The molecule has 144 valence electrons. The molecule has 0 spiro atoms. The highest BCUT2D eigenvalue weighted by Gasteiger charge is 2.25. The molecule has 7 nitrogen and oxygen atoms in total. The molecular weight excluding hydrogens is 330 g/mol. The number of fused-ring (bicyclic) bond motifs is 1. The van der Waals surface area contributed by atoms with Crippen LogP contribution < -0.4 is 5.32 Å². The first-order valence-corrected chi connectivity index (χ1v) is 9.91. The molecule has 0 aliphatic carbocycles. The molecule has 3 heterocycles. The van der Waals surface area contributed by atoms with Gasteiger partial charge >= 0.3 is 0 Å². The third-order valence-electron chi connectivity index (χ3n) is 5.43. The second-order valence-electron chi connectivity index (χ2n) is 7.52. The monoisotopic (exact) mass is 361 g/mol. The minimum atomic E-state index is 0.0136. The van der Waals surface area contributed by atoms with Crippen molar-refractivity contribution in [2.24, 2.45) is 7.05 Å². The molecule has 2 aliphatic rings. The molecule has 0 bridgehead atoms. The number of piperidine rings is 1. The van der Waals surface area contributed by atoms with Crippen LogP contribution in [0.2, 0.25) is 0 Å². The lowest BCUT2D eigenvalue weighted by Crippen LogP contribution is -2.44. The predicted octanol–water partition coefficient (Wildman–Crippen LogP) is 1.41. The third kappa shape index (κ3) is 5.06. The van der Waals surface area contributed by atoms with Gasteiger partial charge in [-0.05, 0) is 38.6 Å². The molecule has 1 unspecified atom stereocenters. The van der Waals surface area contributed by atoms with Crippen molar-refractivity contribution in [1.29, 1.82) is 0 Å². The number of carbonyl (C=O) groups is 2. The summed E-state index contributed by atoms with van der Waals surface area (Å²) in [4.78, 5) is 33.6. The Morgan fingerprint density at radius 3 is 2.69 bits per heavy atom. The second kappa shape index (κ2) is 9.16. The number of hydrogen-bond acceptors (Lipinski definition) is 4. The van der Waals surface area contributed by atoms with E-state index in [0.29, 0.717) is 31.2 Å². The quantitative estimate of drug-likeness (QED) is 0.821. The zero-order valence-corrected chi connectivity index (χ0v) is 15.8. The van der Waals surface area contributed by atoms with Crippen molar-refractivity contribution in [3.05, 3.63) is 18.2 Å². The van der Waals surface area contributed by atoms with Gasteiger partial charge in [-0.2, -0.15) is 0 Å². The van der Waals surface area contributed by atoms with Crippen LogP contribution in [0.15, 0.2) is 12.5 Å². The first-order chi connectivity index (χ1) is 12.6. The Bertz CT molecular complexity index is 615. The molecule has 1 aromatic rings. The minimum Gasteiger partial charge on any atom is -0.356 e. The van der Waals surface area contributed by atoms with Crippen LogP contribution in [0.4, 0.5) is 0 Å². The van der Waals surface area contributed by atoms with E-state index in [1.165, 1.54) is 12.8 Å². The molecule has 0 saturated carbocycles. The van der Waals surface area contributed by atoms with Crippen molar-refractivity contribution in [3.63, 3.8) is 0 Å². The Labute approximate surface area is 155 Å². The van der Waals surface area contributed by atoms with Gasteiger partial charge in [-0.25, -0.2) is 4.98 Å². The molecule has 7 heteroatoms. The molecule has 1 N–H and O–H groups in total. The normalized spacial score (nSPS) is 24.0. The van der Waals surface area contributed by atoms with Gasteiger partial charge in [0.2, 0.25) is 5.91 Å². The van der Waals surface area contributed by atoms with Crippen LogP contribution in [0.5, 0.6) is 0 Å². The van der Waals surface area contributed by atoms with Crippen LogP contribution in [-0.2, 0) is 11.8 Å². The number of aryl methyl sites for hydroxylation is 1. The number of carbonyl (C=O) groups excluding carboxylic acids is 2. The molecule has 2 amide bonds. The summed E-state index contributed by atoms with van der Waals surface area (Å²) in [5.74, 6) is 0.183. The Morgan fingerprint density at radius 2 is 1.88 bits per heavy atom. The summed E-state index contributed by atoms with van der Waals surface area (Å²) in [6.07, 6.45) is 10.3. The van der Waals surface area contributed by atoms with Crippen molar-refractivity contribution >= 4 is 11.8 Å². The predicted molar refractivity (Wildman–Crippen MR) is 99.8 cm³/mol. The first kappa shape index (κ1) is 18.9. The van der Waals surface area contributed by atoms with E-state index in [1.807, 2.05) is 16.5 Å². The summed E-state index contributed by atoms with van der Waals surface area (Å²) in [6.45, 7) is 4.17. The van der Waals surface area contributed by atoms with Crippen LogP contribution >= 0.6 is 0 Å². The second-order valence-corrected chi connectivity index (χ2v) is 7.52. The highest BCUT2D eigenvalue weighted by molar-refractivity contribution is 5.92. The Balaban J connectivity index is 1.65. The van der Waals surface area contributed by atoms with Gasteiger partial charge in [0.1, 0.15) is 5.69 Å². The molecule has 1 aromatic heterocycles. The van der Waals surface area contributed by atoms with Crippen molar-refractivity contribution in [3.8, 4) is 0 Å². The van der Waals surface area contributed by atoms with Crippen LogP contribution in [0.1, 0.15) is 55.4 Å². The van der Waals surface area contributed by atoms with Gasteiger partial charge in [-0.1, -0.05) is 6.42 Å². The fourth-order valence-electron chi connectivity index (χ4n) is 3.99. The maximum atomic E-state index is 12.8. The van der Waals surface area contributed by atoms with E-state index in [4.69, 9.17) is 0 Å². The van der Waals surface area contributed by atoms with Gasteiger partial charge in [0.25, 0.3) is 5.91 Å². The average Bonchev–Trinajstić information content (AvgIpc) is 3.07. The number of nitrogens with zero attached hydrogens (tertiary/aromatic N) is 4. The summed E-state index contributed by atoms with van der Waals surface area (Å²) in [5, 5.41) is 3.05. The fourth-order valence-corrected chi connectivity index (χ4v) is 3.99. The van der Waals surface area contributed by atoms with Crippen LogP contribution in [-0.4, -0.2) is 69.9 Å². The Morgan fingerprint density at radius 1 is 1.12 bits per heavy atom. The molecule has 0 aromatic carbocycles. The van der Waals surface area contributed by atoms with E-state index in [-0.39, 0.29) is 11.8 Å². The molecule has 0 radical (unpaired) electrons. The topological polar surface area (TPSA) is 70.5 Å². The van der Waals surface area contributed by atoms with Gasteiger partial charge in [0.15, 0.2) is 0 Å². The van der Waals surface area contributed by atoms with Gasteiger partial charge in [0.05, 0.1) is 6.33 Å². The number of hydrogen-bond donors (Lipinski definition) is 1. The summed E-state index contributed by atoms with van der Waals surface area (Å²) < 4.78 is 1.81. The molecule has 1 atom stereocenters. The summed E-state index contributed by atoms with van der Waals surface area (Å²) >= 11 is 0. The summed E-state index contributed by atoms with van der Waals surface area (Å²) in [5.41, 5.74) is 0.515. The highest BCUT2D eigenvalue weighted by Crippen LogP contribution is 2.20. The SMILES string of the molecule is Cn1cnc(C(=O)N2CCCCNC(=O)CC3CCCCN3CCC2)c1. The smallest absolute Gasteiger partial charge is 0.274 e. The Kier molecular flexibility index (Phi) is 6.66. The van der Waals surface area contributed by atoms with Gasteiger partial charge in [-0.3, -0.25) is 14.5 Å². The summed E-state index contributed by atoms with van der Waals surface area (Å²) in [7, 11) is 1.88. The number of nitrogens with one attached hydrogen (secondary N) is 1. The largest absolute Gasteiger partial charge is 0.356 e. The van der Waals surface area contributed by atoms with E-state index in [0.717, 1.165) is 45.3 Å². The van der Waals surface area contributed by atoms with E-state index in [2.05, 4.69) is 15.2 Å². The average molecular weight is 361 g/mol. The summed E-state index contributed by atoms with van der Waals surface area (Å²) in [6, 6.07) is 0.351. The highest BCUT2D eigenvalue weighted by atomic mass is 16.2. The maximum absolute atomic E-state index is 12.8. The molecule has 3 rings (SSSR count). The molecule has 26 heavy (non-hydrogen) atoms. The number of amides is 2. The first-order valence-electron chi connectivity index (χ1n) is 9.91. The van der Waals surface area contributed by atoms with Gasteiger partial charge in [-0.15, -0.1) is 0 Å². The van der Waals surface area contributed by atoms with E-state index < -0.39 is 0 Å². The zero-order chi connectivity index (χ0) is 18.4. The lowest BCUT2D eigenvalue weighted by molar-refractivity contribution is -0.122. The van der Waals surface area contributed by atoms with E-state index >= 15 is 0 Å². The van der Waals surface area contributed by atoms with Crippen LogP contribution in [0.3, 0.4) is 0 Å². The van der Waals surface area contributed by atoms with Crippen LogP contribution in [0.25, 0.3) is 0 Å². The molecule has 2 fully saturated rings. The Hall–Kier alpha value is -1.89. The van der Waals surface area contributed by atoms with Crippen molar-refractivity contribution < 1.29 is 9.59 Å². The molecular formula is C19H31N5O2. The maximum Gasteiger partial charge on any atom is 0.274 e. The van der Waals surface area contributed by atoms with Crippen molar-refractivity contribution in [2.45, 2.75) is 51.0 Å². The third-order valence-corrected chi connectivity index (χ3v) is 5.43. The zero-order valence-electron chi connectivity index (χ0n) is 15.8. The molecule has 2 saturated heterocycles. The van der Waals surface area contributed by atoms with Gasteiger partial charge in [0, 0.05) is 51.9 Å². The van der Waals surface area contributed by atoms with E-state index in [1.54, 1.807) is 12.5 Å². The van der Waals surface area contributed by atoms with Crippen molar-refractivity contribution in [2.75, 3.05) is 32.7 Å². The van der Waals surface area contributed by atoms with Crippen LogP contribution in [0, 0.1) is 0 Å². The van der Waals surface area contributed by atoms with E-state index in [9.17, 15) is 9.59 Å².